The first-order valence-corrected chi connectivity index (χ1v) is 16.6. The fourth-order valence-corrected chi connectivity index (χ4v) is 7.55. The van der Waals surface area contributed by atoms with Crippen LogP contribution in [0, 0.1) is 13.8 Å². The molecule has 8 aromatic carbocycles. The normalized spacial score (nSPS) is 12.3. The Labute approximate surface area is 281 Å². The molecule has 0 amide bonds. The van der Waals surface area contributed by atoms with Crippen LogP contribution >= 0.6 is 0 Å². The molecule has 0 saturated carbocycles. The van der Waals surface area contributed by atoms with Gasteiger partial charge in [-0.3, -0.25) is 0 Å². The van der Waals surface area contributed by atoms with Gasteiger partial charge in [-0.2, -0.15) is 0 Å². The summed E-state index contributed by atoms with van der Waals surface area (Å²) in [5.41, 5.74) is 14.4. The molecule has 0 aromatic heterocycles. The van der Waals surface area contributed by atoms with Gasteiger partial charge in [0, 0.05) is 11.4 Å². The number of anilines is 6. The predicted molar refractivity (Wildman–Crippen MR) is 205 cm³/mol. The lowest BCUT2D eigenvalue weighted by Crippen LogP contribution is -2.26. The molecule has 0 aliphatic carbocycles. The van der Waals surface area contributed by atoms with E-state index in [0.29, 0.717) is 0 Å². The third-order valence-corrected chi connectivity index (χ3v) is 9.90. The van der Waals surface area contributed by atoms with E-state index in [1.807, 2.05) is 0 Å². The molecule has 2 heteroatoms. The molecule has 1 aliphatic rings. The average Bonchev–Trinajstić information content (AvgIpc) is 3.15. The molecule has 2 nitrogen and oxygen atoms in total. The fraction of sp³-hybridized carbons (Fsp3) is 0.0435. The maximum absolute atomic E-state index is 2.50. The van der Waals surface area contributed by atoms with Crippen molar-refractivity contribution in [3.63, 3.8) is 0 Å². The minimum Gasteiger partial charge on any atom is -0.306 e. The summed E-state index contributed by atoms with van der Waals surface area (Å²) in [6.07, 6.45) is 0. The van der Waals surface area contributed by atoms with Crippen molar-refractivity contribution in [3.05, 3.63) is 181 Å². The molecule has 0 fully saturated rings. The Morgan fingerprint density at radius 1 is 0.333 bits per heavy atom. The van der Waals surface area contributed by atoms with Crippen LogP contribution in [0.25, 0.3) is 43.8 Å². The Hall–Kier alpha value is -6.12. The zero-order chi connectivity index (χ0) is 32.2. The molecule has 0 spiro atoms. The van der Waals surface area contributed by atoms with Crippen molar-refractivity contribution in [2.24, 2.45) is 0 Å². The highest BCUT2D eigenvalue weighted by Gasteiger charge is 2.34. The van der Waals surface area contributed by atoms with Crippen LogP contribution < -0.4 is 9.80 Å². The van der Waals surface area contributed by atoms with Gasteiger partial charge in [-0.15, -0.1) is 0 Å². The van der Waals surface area contributed by atoms with Gasteiger partial charge in [0.25, 0.3) is 0 Å². The molecule has 0 bridgehead atoms. The van der Waals surface area contributed by atoms with Gasteiger partial charge in [-0.1, -0.05) is 133 Å². The van der Waals surface area contributed by atoms with E-state index in [-0.39, 0.29) is 0 Å². The minimum atomic E-state index is 1.14. The van der Waals surface area contributed by atoms with Gasteiger partial charge in [-0.05, 0) is 105 Å². The zero-order valence-corrected chi connectivity index (χ0v) is 27.1. The van der Waals surface area contributed by atoms with Crippen molar-refractivity contribution in [2.45, 2.75) is 13.8 Å². The van der Waals surface area contributed by atoms with Gasteiger partial charge in [0.2, 0.25) is 0 Å². The summed E-state index contributed by atoms with van der Waals surface area (Å²) in [7, 11) is 0. The van der Waals surface area contributed by atoms with Crippen LogP contribution in [-0.2, 0) is 0 Å². The van der Waals surface area contributed by atoms with Gasteiger partial charge in [0.15, 0.2) is 0 Å². The summed E-state index contributed by atoms with van der Waals surface area (Å²) < 4.78 is 0. The van der Waals surface area contributed by atoms with E-state index < -0.39 is 0 Å². The Morgan fingerprint density at radius 3 is 1.06 bits per heavy atom. The third kappa shape index (κ3) is 4.49. The van der Waals surface area contributed by atoms with Crippen LogP contribution in [0.1, 0.15) is 11.1 Å². The van der Waals surface area contributed by atoms with Gasteiger partial charge < -0.3 is 9.80 Å². The van der Waals surface area contributed by atoms with Gasteiger partial charge in [0.1, 0.15) is 0 Å². The third-order valence-electron chi connectivity index (χ3n) is 9.90. The second-order valence-electron chi connectivity index (χ2n) is 12.7. The Kier molecular flexibility index (Phi) is 6.62. The number of fused-ring (bicyclic) bond motifs is 4. The SMILES string of the molecule is Cc1c2c(cc3ccccc13)N(c1ccc(-c3ccccc3)cc1)c1c(cc3ccccc3c1C)N2c1ccc(-c2ccccc2)cc1. The lowest BCUT2D eigenvalue weighted by atomic mass is 9.92. The number of rotatable bonds is 4. The van der Waals surface area contributed by atoms with Crippen molar-refractivity contribution >= 4 is 55.7 Å². The molecule has 228 valence electrons. The highest BCUT2D eigenvalue weighted by molar-refractivity contribution is 6.12. The topological polar surface area (TPSA) is 6.48 Å². The largest absolute Gasteiger partial charge is 0.306 e. The Morgan fingerprint density at radius 2 is 0.667 bits per heavy atom. The maximum atomic E-state index is 2.50. The van der Waals surface area contributed by atoms with E-state index in [1.165, 1.54) is 77.7 Å². The summed E-state index contributed by atoms with van der Waals surface area (Å²) in [6.45, 7) is 4.56. The van der Waals surface area contributed by atoms with Crippen LogP contribution in [0.3, 0.4) is 0 Å². The molecule has 1 aliphatic heterocycles. The van der Waals surface area contributed by atoms with Crippen molar-refractivity contribution in [1.29, 1.82) is 0 Å². The highest BCUT2D eigenvalue weighted by Crippen LogP contribution is 2.58. The summed E-state index contributed by atoms with van der Waals surface area (Å²) in [5, 5.41) is 5.01. The van der Waals surface area contributed by atoms with Crippen LogP contribution in [0.5, 0.6) is 0 Å². The van der Waals surface area contributed by atoms with E-state index in [0.717, 1.165) is 11.4 Å². The van der Waals surface area contributed by atoms with Crippen molar-refractivity contribution in [2.75, 3.05) is 9.80 Å². The molecule has 0 saturated heterocycles. The standard InChI is InChI=1S/C46H34N2/c1-31-41-19-11-9-17-37(41)29-43-45(31)47(39-25-21-35(22-26-39)33-13-5-3-6-14-33)44-30-38-18-10-12-20-42(38)32(2)46(44)48(43)40-27-23-36(24-28-40)34-15-7-4-8-16-34/h3-30H,1-2H3. The number of nitrogens with zero attached hydrogens (tertiary/aromatic N) is 2. The van der Waals surface area contributed by atoms with E-state index >= 15 is 0 Å². The summed E-state index contributed by atoms with van der Waals surface area (Å²) in [5.74, 6) is 0. The molecule has 0 radical (unpaired) electrons. The average molecular weight is 615 g/mol. The number of hydrogen-bond donors (Lipinski definition) is 0. The van der Waals surface area contributed by atoms with E-state index in [2.05, 4.69) is 194 Å². The number of hydrogen-bond acceptors (Lipinski definition) is 2. The molecule has 1 heterocycles. The zero-order valence-electron chi connectivity index (χ0n) is 27.1. The van der Waals surface area contributed by atoms with Gasteiger partial charge >= 0.3 is 0 Å². The van der Waals surface area contributed by atoms with Gasteiger partial charge in [0.05, 0.1) is 22.7 Å². The molecule has 8 aromatic rings. The smallest absolute Gasteiger partial charge is 0.0739 e. The van der Waals surface area contributed by atoms with Crippen LogP contribution in [0.2, 0.25) is 0 Å². The van der Waals surface area contributed by atoms with Crippen LogP contribution in [-0.4, -0.2) is 0 Å². The van der Waals surface area contributed by atoms with E-state index in [1.54, 1.807) is 0 Å². The lowest BCUT2D eigenvalue weighted by Gasteiger charge is -2.43. The number of aryl methyl sites for hydroxylation is 2. The molecular weight excluding hydrogens is 581 g/mol. The van der Waals surface area contributed by atoms with Crippen molar-refractivity contribution in [3.8, 4) is 22.3 Å². The predicted octanol–water partition coefficient (Wildman–Crippen LogP) is 13.2. The first-order chi connectivity index (χ1) is 23.7. The molecule has 48 heavy (non-hydrogen) atoms. The molecular formula is C46H34N2. The Balaban J connectivity index is 1.32. The molecule has 0 N–H and O–H groups in total. The van der Waals surface area contributed by atoms with Crippen molar-refractivity contribution in [1.82, 2.24) is 0 Å². The second-order valence-corrected chi connectivity index (χ2v) is 12.7. The number of benzene rings is 8. The first kappa shape index (κ1) is 28.1. The second kappa shape index (κ2) is 11.3. The van der Waals surface area contributed by atoms with Crippen LogP contribution in [0.15, 0.2) is 170 Å². The van der Waals surface area contributed by atoms with Crippen LogP contribution in [0.4, 0.5) is 34.1 Å². The molecule has 0 atom stereocenters. The minimum absolute atomic E-state index is 1.14. The molecule has 9 rings (SSSR count). The summed E-state index contributed by atoms with van der Waals surface area (Å²) in [6, 6.07) is 61.7. The molecule has 0 unspecified atom stereocenters. The maximum Gasteiger partial charge on any atom is 0.0739 e. The van der Waals surface area contributed by atoms with E-state index in [4.69, 9.17) is 0 Å². The monoisotopic (exact) mass is 614 g/mol. The first-order valence-electron chi connectivity index (χ1n) is 16.6. The highest BCUT2D eigenvalue weighted by atomic mass is 15.3. The summed E-state index contributed by atoms with van der Waals surface area (Å²) >= 11 is 0. The van der Waals surface area contributed by atoms with Gasteiger partial charge in [-0.25, -0.2) is 0 Å². The van der Waals surface area contributed by atoms with Crippen molar-refractivity contribution < 1.29 is 0 Å². The lowest BCUT2D eigenvalue weighted by molar-refractivity contribution is 1.15. The summed E-state index contributed by atoms with van der Waals surface area (Å²) in [4.78, 5) is 4.99. The Bertz CT molecular complexity index is 2270. The fourth-order valence-electron chi connectivity index (χ4n) is 7.55. The quantitative estimate of drug-likeness (QED) is 0.195. The van der Waals surface area contributed by atoms with E-state index in [9.17, 15) is 0 Å².